The second-order valence-electron chi connectivity index (χ2n) is 13.6. The molecule has 0 spiro atoms. The van der Waals surface area contributed by atoms with Gasteiger partial charge in [0.25, 0.3) is 0 Å². The van der Waals surface area contributed by atoms with Gasteiger partial charge in [-0.25, -0.2) is 0 Å². The van der Waals surface area contributed by atoms with Gasteiger partial charge in [-0.1, -0.05) is 127 Å². The van der Waals surface area contributed by atoms with Crippen LogP contribution in [0.5, 0.6) is 0 Å². The highest BCUT2D eigenvalue weighted by Gasteiger charge is 2.26. The molecule has 5 nitrogen and oxygen atoms in total. The molecule has 0 saturated heterocycles. The Balaban J connectivity index is 1.18. The van der Waals surface area contributed by atoms with Crippen LogP contribution in [0.4, 0.5) is 0 Å². The molecule has 0 unspecified atom stereocenters. The van der Waals surface area contributed by atoms with E-state index in [1.165, 1.54) is 43.8 Å². The second kappa shape index (κ2) is 10.2. The Bertz CT molecular complexity index is 3070. The van der Waals surface area contributed by atoms with Crippen LogP contribution in [-0.4, -0.2) is 24.1 Å². The highest BCUT2D eigenvalue weighted by Crippen LogP contribution is 2.51. The van der Waals surface area contributed by atoms with E-state index in [0.717, 1.165) is 49.2 Å². The first-order valence-corrected chi connectivity index (χ1v) is 17.6. The number of hydrogen-bond donors (Lipinski definition) is 0. The van der Waals surface area contributed by atoms with E-state index in [1.807, 2.05) is 0 Å². The molecule has 52 heavy (non-hydrogen) atoms. The van der Waals surface area contributed by atoms with Gasteiger partial charge < -0.3 is 0 Å². The molecular formula is C47H27N5. The third-order valence-electron chi connectivity index (χ3n) is 10.9. The molecule has 0 amide bonds. The van der Waals surface area contributed by atoms with Crippen molar-refractivity contribution in [3.8, 4) is 45.5 Å². The zero-order chi connectivity index (χ0) is 33.9. The molecule has 12 rings (SSSR count). The summed E-state index contributed by atoms with van der Waals surface area (Å²) in [5.41, 5.74) is 10.1. The van der Waals surface area contributed by atoms with Crippen LogP contribution < -0.4 is 0 Å². The van der Waals surface area contributed by atoms with Gasteiger partial charge in [-0.3, -0.25) is 9.13 Å². The van der Waals surface area contributed by atoms with Gasteiger partial charge in [0, 0.05) is 27.1 Å². The van der Waals surface area contributed by atoms with Gasteiger partial charge in [0.2, 0.25) is 11.9 Å². The first-order valence-electron chi connectivity index (χ1n) is 17.6. The van der Waals surface area contributed by atoms with Gasteiger partial charge >= 0.3 is 0 Å². The Kier molecular flexibility index (Phi) is 5.44. The Morgan fingerprint density at radius 3 is 1.42 bits per heavy atom. The van der Waals surface area contributed by atoms with E-state index in [4.69, 9.17) is 15.0 Å². The fourth-order valence-corrected chi connectivity index (χ4v) is 8.71. The molecule has 8 aromatic carbocycles. The molecule has 240 valence electrons. The van der Waals surface area contributed by atoms with Crippen molar-refractivity contribution in [1.82, 2.24) is 24.1 Å². The Hall–Kier alpha value is -7.11. The van der Waals surface area contributed by atoms with Crippen LogP contribution in [0.3, 0.4) is 0 Å². The van der Waals surface area contributed by atoms with Gasteiger partial charge in [-0.05, 0) is 80.2 Å². The third-order valence-corrected chi connectivity index (χ3v) is 10.9. The first-order chi connectivity index (χ1) is 25.8. The van der Waals surface area contributed by atoms with Crippen molar-refractivity contribution in [1.29, 1.82) is 0 Å². The summed E-state index contributed by atoms with van der Waals surface area (Å²) < 4.78 is 4.37. The predicted octanol–water partition coefficient (Wildman–Crippen LogP) is 11.7. The summed E-state index contributed by atoms with van der Waals surface area (Å²) in [5.74, 6) is 1.78. The van der Waals surface area contributed by atoms with Crippen LogP contribution in [0.2, 0.25) is 0 Å². The highest BCUT2D eigenvalue weighted by atomic mass is 15.3. The number of fused-ring (bicyclic) bond motifs is 11. The van der Waals surface area contributed by atoms with Crippen LogP contribution in [-0.2, 0) is 0 Å². The summed E-state index contributed by atoms with van der Waals surface area (Å²) in [5, 5.41) is 9.70. The SMILES string of the molecule is c1ccc2c3c4c(cccc4cc2c1)-c1ccc(-c2nc(-n4c5ccccc5c5ccccc54)nc(-n4c5ccccc5c5ccccc54)n2)cc1-3. The number of nitrogens with zero attached hydrogens (tertiary/aromatic N) is 5. The zero-order valence-electron chi connectivity index (χ0n) is 27.8. The van der Waals surface area contributed by atoms with E-state index in [9.17, 15) is 0 Å². The zero-order valence-corrected chi connectivity index (χ0v) is 27.8. The van der Waals surface area contributed by atoms with Crippen molar-refractivity contribution < 1.29 is 0 Å². The topological polar surface area (TPSA) is 48.5 Å². The summed E-state index contributed by atoms with van der Waals surface area (Å²) in [6.07, 6.45) is 0. The molecule has 0 N–H and O–H groups in total. The maximum atomic E-state index is 5.33. The summed E-state index contributed by atoms with van der Waals surface area (Å²) >= 11 is 0. The van der Waals surface area contributed by atoms with Gasteiger partial charge in [0.1, 0.15) is 0 Å². The Morgan fingerprint density at radius 2 is 0.846 bits per heavy atom. The summed E-state index contributed by atoms with van der Waals surface area (Å²) in [6, 6.07) is 58.4. The minimum atomic E-state index is 0.579. The molecule has 0 saturated carbocycles. The lowest BCUT2D eigenvalue weighted by atomic mass is 9.95. The maximum absolute atomic E-state index is 5.33. The maximum Gasteiger partial charge on any atom is 0.240 e. The smallest absolute Gasteiger partial charge is 0.240 e. The minimum absolute atomic E-state index is 0.579. The van der Waals surface area contributed by atoms with Crippen LogP contribution >= 0.6 is 0 Å². The third kappa shape index (κ3) is 3.69. The minimum Gasteiger partial charge on any atom is -0.278 e. The van der Waals surface area contributed by atoms with Crippen molar-refractivity contribution in [2.24, 2.45) is 0 Å². The van der Waals surface area contributed by atoms with Crippen molar-refractivity contribution in [3.05, 3.63) is 164 Å². The fourth-order valence-electron chi connectivity index (χ4n) is 8.71. The second-order valence-corrected chi connectivity index (χ2v) is 13.6. The van der Waals surface area contributed by atoms with Crippen LogP contribution in [0.15, 0.2) is 164 Å². The monoisotopic (exact) mass is 661 g/mol. The average Bonchev–Trinajstić information content (AvgIpc) is 3.85. The van der Waals surface area contributed by atoms with Crippen molar-refractivity contribution >= 4 is 65.2 Å². The van der Waals surface area contributed by atoms with Gasteiger partial charge in [-0.15, -0.1) is 0 Å². The Labute approximate surface area is 297 Å². The number of benzene rings is 8. The predicted molar refractivity (Wildman–Crippen MR) is 213 cm³/mol. The standard InChI is InChI=1S/C47H27N5/c1-2-14-31-28(12-1)26-29-13-11-19-37-32-25-24-30(27-38(32)44(31)43(29)37)45-48-46(51-39-20-7-3-15-33(39)34-16-4-8-21-40(34)51)50-47(49-45)52-41-22-9-5-17-35(41)36-18-6-10-23-42(36)52/h1-27H. The van der Waals surface area contributed by atoms with E-state index >= 15 is 0 Å². The Morgan fingerprint density at radius 1 is 0.346 bits per heavy atom. The number of para-hydroxylation sites is 4. The van der Waals surface area contributed by atoms with E-state index in [2.05, 4.69) is 173 Å². The van der Waals surface area contributed by atoms with E-state index in [0.29, 0.717) is 17.7 Å². The van der Waals surface area contributed by atoms with E-state index in [-0.39, 0.29) is 0 Å². The molecule has 3 aromatic heterocycles. The lowest BCUT2D eigenvalue weighted by Gasteiger charge is -2.13. The molecule has 3 heterocycles. The molecule has 0 fully saturated rings. The first kappa shape index (κ1) is 27.7. The molecule has 1 aliphatic carbocycles. The number of aromatic nitrogens is 5. The van der Waals surface area contributed by atoms with Crippen LogP contribution in [0.25, 0.3) is 111 Å². The quantitative estimate of drug-likeness (QED) is 0.177. The molecule has 0 atom stereocenters. The normalized spacial score (nSPS) is 12.2. The van der Waals surface area contributed by atoms with Gasteiger partial charge in [0.05, 0.1) is 22.1 Å². The fraction of sp³-hybridized carbons (Fsp3) is 0. The summed E-state index contributed by atoms with van der Waals surface area (Å²) in [7, 11) is 0. The average molecular weight is 662 g/mol. The highest BCUT2D eigenvalue weighted by molar-refractivity contribution is 6.24. The molecule has 0 aliphatic heterocycles. The van der Waals surface area contributed by atoms with Crippen molar-refractivity contribution in [2.75, 3.05) is 0 Å². The number of rotatable bonds is 3. The molecule has 11 aromatic rings. The summed E-state index contributed by atoms with van der Waals surface area (Å²) in [4.78, 5) is 16.0. The van der Waals surface area contributed by atoms with Crippen molar-refractivity contribution in [3.63, 3.8) is 0 Å². The number of hydrogen-bond acceptors (Lipinski definition) is 3. The van der Waals surface area contributed by atoms with E-state index < -0.39 is 0 Å². The molecule has 0 bridgehead atoms. The van der Waals surface area contributed by atoms with Crippen LogP contribution in [0, 0.1) is 0 Å². The molecule has 0 radical (unpaired) electrons. The van der Waals surface area contributed by atoms with Gasteiger partial charge in [-0.2, -0.15) is 15.0 Å². The largest absolute Gasteiger partial charge is 0.278 e. The summed E-state index contributed by atoms with van der Waals surface area (Å²) in [6.45, 7) is 0. The molecular weight excluding hydrogens is 635 g/mol. The lowest BCUT2D eigenvalue weighted by Crippen LogP contribution is -2.10. The molecule has 5 heteroatoms. The van der Waals surface area contributed by atoms with Crippen molar-refractivity contribution in [2.45, 2.75) is 0 Å². The van der Waals surface area contributed by atoms with E-state index in [1.54, 1.807) is 0 Å². The van der Waals surface area contributed by atoms with Gasteiger partial charge in [0.15, 0.2) is 5.82 Å². The van der Waals surface area contributed by atoms with Crippen LogP contribution in [0.1, 0.15) is 0 Å². The molecule has 1 aliphatic rings. The lowest BCUT2D eigenvalue weighted by molar-refractivity contribution is 0.893.